The summed E-state index contributed by atoms with van der Waals surface area (Å²) in [6.45, 7) is 7.44. The molecule has 3 fully saturated rings. The summed E-state index contributed by atoms with van der Waals surface area (Å²) in [7, 11) is 0. The molecule has 0 aromatic carbocycles. The van der Waals surface area contributed by atoms with Crippen LogP contribution in [0.25, 0.3) is 0 Å². The number of aryl methyl sites for hydroxylation is 1. The normalized spacial score (nSPS) is 25.0. The Morgan fingerprint density at radius 3 is 2.88 bits per heavy atom. The number of aromatic nitrogens is 2. The summed E-state index contributed by atoms with van der Waals surface area (Å²) < 4.78 is 5.50. The van der Waals surface area contributed by atoms with Crippen molar-refractivity contribution in [2.24, 2.45) is 5.92 Å². The third-order valence-corrected chi connectivity index (χ3v) is 5.34. The Balaban J connectivity index is 1.42. The minimum Gasteiger partial charge on any atom is -0.360 e. The standard InChI is InChI=1S/C19H26N4O/c1-2-16-9-19(24-21-16)14-22-10-15-6-7-18(13-22)23(11-15)12-17-5-3-4-8-20-17/h3-5,8-9,15,18H,2,6-7,10-14H2,1H3/t15-,18+/m1/s1. The number of fused-ring (bicyclic) bond motifs is 4. The molecule has 0 N–H and O–H groups in total. The van der Waals surface area contributed by atoms with E-state index >= 15 is 0 Å². The van der Waals surface area contributed by atoms with Gasteiger partial charge < -0.3 is 4.52 Å². The zero-order valence-electron chi connectivity index (χ0n) is 14.4. The second-order valence-corrected chi connectivity index (χ2v) is 7.18. The molecule has 128 valence electrons. The van der Waals surface area contributed by atoms with Crippen LogP contribution in [-0.4, -0.2) is 45.6 Å². The van der Waals surface area contributed by atoms with Crippen molar-refractivity contribution >= 4 is 0 Å². The monoisotopic (exact) mass is 326 g/mol. The molecule has 0 radical (unpaired) electrons. The lowest BCUT2D eigenvalue weighted by Crippen LogP contribution is -2.43. The first-order valence-corrected chi connectivity index (χ1v) is 9.11. The fraction of sp³-hybridized carbons (Fsp3) is 0.579. The predicted molar refractivity (Wildman–Crippen MR) is 92.3 cm³/mol. The Morgan fingerprint density at radius 1 is 1.12 bits per heavy atom. The van der Waals surface area contributed by atoms with Crippen LogP contribution in [0, 0.1) is 5.92 Å². The fourth-order valence-electron chi connectivity index (χ4n) is 4.12. The number of hydrogen-bond donors (Lipinski definition) is 0. The topological polar surface area (TPSA) is 45.4 Å². The molecule has 0 spiro atoms. The summed E-state index contributed by atoms with van der Waals surface area (Å²) in [6, 6.07) is 8.94. The minimum atomic E-state index is 0.624. The van der Waals surface area contributed by atoms with Crippen LogP contribution >= 0.6 is 0 Å². The molecule has 0 amide bonds. The highest BCUT2D eigenvalue weighted by molar-refractivity contribution is 5.07. The first kappa shape index (κ1) is 15.8. The van der Waals surface area contributed by atoms with Crippen molar-refractivity contribution in [3.63, 3.8) is 0 Å². The van der Waals surface area contributed by atoms with Crippen molar-refractivity contribution in [3.8, 4) is 0 Å². The third-order valence-electron chi connectivity index (χ3n) is 5.34. The Morgan fingerprint density at radius 2 is 2.08 bits per heavy atom. The van der Waals surface area contributed by atoms with Gasteiger partial charge in [-0.05, 0) is 37.3 Å². The number of rotatable bonds is 5. The summed E-state index contributed by atoms with van der Waals surface area (Å²) in [5.74, 6) is 1.76. The second-order valence-electron chi connectivity index (χ2n) is 7.18. The summed E-state index contributed by atoms with van der Waals surface area (Å²) in [5, 5.41) is 4.13. The maximum Gasteiger partial charge on any atom is 0.150 e. The SMILES string of the molecule is CCc1cc(CN2C[C@H]3CC[C@@H](C2)N(Cc2ccccn2)C3)on1. The van der Waals surface area contributed by atoms with Gasteiger partial charge in [-0.25, -0.2) is 0 Å². The lowest BCUT2D eigenvalue weighted by Gasteiger charge is -2.35. The highest BCUT2D eigenvalue weighted by Gasteiger charge is 2.35. The third kappa shape index (κ3) is 3.52. The van der Waals surface area contributed by atoms with Gasteiger partial charge in [-0.1, -0.05) is 18.1 Å². The van der Waals surface area contributed by atoms with E-state index in [9.17, 15) is 0 Å². The molecule has 2 aromatic rings. The van der Waals surface area contributed by atoms with Crippen molar-refractivity contribution in [2.45, 2.75) is 45.3 Å². The zero-order valence-corrected chi connectivity index (χ0v) is 14.4. The van der Waals surface area contributed by atoms with E-state index < -0.39 is 0 Å². The number of piperidine rings is 1. The maximum atomic E-state index is 5.50. The van der Waals surface area contributed by atoms with Gasteiger partial charge in [0.2, 0.25) is 0 Å². The Bertz CT molecular complexity index is 656. The number of pyridine rings is 1. The van der Waals surface area contributed by atoms with Gasteiger partial charge in [-0.2, -0.15) is 0 Å². The van der Waals surface area contributed by atoms with Gasteiger partial charge in [0.25, 0.3) is 0 Å². The van der Waals surface area contributed by atoms with E-state index in [1.165, 1.54) is 25.1 Å². The average molecular weight is 326 g/mol. The van der Waals surface area contributed by atoms with Crippen LogP contribution in [0.2, 0.25) is 0 Å². The lowest BCUT2D eigenvalue weighted by molar-refractivity contribution is 0.121. The summed E-state index contributed by atoms with van der Waals surface area (Å²) in [4.78, 5) is 9.70. The van der Waals surface area contributed by atoms with Crippen molar-refractivity contribution in [3.05, 3.63) is 47.6 Å². The highest BCUT2D eigenvalue weighted by Crippen LogP contribution is 2.29. The van der Waals surface area contributed by atoms with Gasteiger partial charge in [0.15, 0.2) is 5.76 Å². The largest absolute Gasteiger partial charge is 0.360 e. The van der Waals surface area contributed by atoms with Crippen LogP contribution in [0.4, 0.5) is 0 Å². The molecule has 3 aliphatic heterocycles. The summed E-state index contributed by atoms with van der Waals surface area (Å²) >= 11 is 0. The van der Waals surface area contributed by atoms with Crippen LogP contribution in [0.1, 0.15) is 36.9 Å². The number of nitrogens with zero attached hydrogens (tertiary/aromatic N) is 4. The minimum absolute atomic E-state index is 0.624. The van der Waals surface area contributed by atoms with Gasteiger partial charge in [0.1, 0.15) is 0 Å². The molecular formula is C19H26N4O. The zero-order chi connectivity index (χ0) is 16.4. The van der Waals surface area contributed by atoms with E-state index in [1.54, 1.807) is 0 Å². The molecule has 2 aromatic heterocycles. The summed E-state index contributed by atoms with van der Waals surface area (Å²) in [5.41, 5.74) is 2.24. The van der Waals surface area contributed by atoms with Gasteiger partial charge in [-0.3, -0.25) is 14.8 Å². The van der Waals surface area contributed by atoms with E-state index in [0.717, 1.165) is 50.0 Å². The molecule has 5 heteroatoms. The first-order chi connectivity index (χ1) is 11.8. The lowest BCUT2D eigenvalue weighted by atomic mass is 9.95. The molecule has 0 aliphatic carbocycles. The molecule has 0 unspecified atom stereocenters. The van der Waals surface area contributed by atoms with Gasteiger partial charge in [-0.15, -0.1) is 0 Å². The molecule has 24 heavy (non-hydrogen) atoms. The van der Waals surface area contributed by atoms with Crippen molar-refractivity contribution in [1.29, 1.82) is 0 Å². The van der Waals surface area contributed by atoms with E-state index in [1.807, 2.05) is 12.3 Å². The van der Waals surface area contributed by atoms with Crippen molar-refractivity contribution in [1.82, 2.24) is 19.9 Å². The summed E-state index contributed by atoms with van der Waals surface area (Å²) in [6.07, 6.45) is 5.47. The molecule has 2 bridgehead atoms. The Hall–Kier alpha value is -1.72. The Labute approximate surface area is 143 Å². The molecule has 3 aliphatic rings. The van der Waals surface area contributed by atoms with Crippen LogP contribution in [0.3, 0.4) is 0 Å². The first-order valence-electron chi connectivity index (χ1n) is 9.11. The van der Waals surface area contributed by atoms with E-state index in [4.69, 9.17) is 4.52 Å². The molecular weight excluding hydrogens is 300 g/mol. The van der Waals surface area contributed by atoms with Crippen LogP contribution in [-0.2, 0) is 19.5 Å². The predicted octanol–water partition coefficient (Wildman–Crippen LogP) is 2.73. The van der Waals surface area contributed by atoms with Gasteiger partial charge in [0, 0.05) is 44.5 Å². The van der Waals surface area contributed by atoms with Crippen LogP contribution in [0.5, 0.6) is 0 Å². The molecule has 5 heterocycles. The molecule has 5 nitrogen and oxygen atoms in total. The fourth-order valence-corrected chi connectivity index (χ4v) is 4.12. The number of hydrogen-bond acceptors (Lipinski definition) is 5. The van der Waals surface area contributed by atoms with Gasteiger partial charge in [0.05, 0.1) is 17.9 Å². The van der Waals surface area contributed by atoms with E-state index in [2.05, 4.69) is 45.1 Å². The van der Waals surface area contributed by atoms with Crippen LogP contribution < -0.4 is 0 Å². The molecule has 5 rings (SSSR count). The molecule has 2 atom stereocenters. The molecule has 0 saturated carbocycles. The highest BCUT2D eigenvalue weighted by atomic mass is 16.5. The quantitative estimate of drug-likeness (QED) is 0.845. The van der Waals surface area contributed by atoms with E-state index in [0.29, 0.717) is 6.04 Å². The maximum absolute atomic E-state index is 5.50. The molecule has 3 saturated heterocycles. The second kappa shape index (κ2) is 7.03. The van der Waals surface area contributed by atoms with Gasteiger partial charge >= 0.3 is 0 Å². The van der Waals surface area contributed by atoms with Crippen molar-refractivity contribution < 1.29 is 4.52 Å². The van der Waals surface area contributed by atoms with Crippen molar-refractivity contribution in [2.75, 3.05) is 19.6 Å². The average Bonchev–Trinajstić information content (AvgIpc) is 2.88. The Kier molecular flexibility index (Phi) is 4.63. The van der Waals surface area contributed by atoms with E-state index in [-0.39, 0.29) is 0 Å². The smallest absolute Gasteiger partial charge is 0.150 e. The van der Waals surface area contributed by atoms with Crippen LogP contribution in [0.15, 0.2) is 35.0 Å².